The molecule has 4 heterocycles. The van der Waals surface area contributed by atoms with E-state index in [4.69, 9.17) is 9.97 Å². The Kier molecular flexibility index (Phi) is 9.81. The van der Waals surface area contributed by atoms with Gasteiger partial charge in [-0.1, -0.05) is 123 Å². The summed E-state index contributed by atoms with van der Waals surface area (Å²) in [6.07, 6.45) is 10.4. The van der Waals surface area contributed by atoms with Gasteiger partial charge in [0.25, 0.3) is 0 Å². The first-order chi connectivity index (χ1) is 35.5. The van der Waals surface area contributed by atoms with Crippen molar-refractivity contribution in [1.82, 2.24) is 9.97 Å². The Hall–Kier alpha value is -8.98. The van der Waals surface area contributed by atoms with Crippen LogP contribution in [0.3, 0.4) is 0 Å². The molecular weight excluding hydrogens is 893 g/mol. The van der Waals surface area contributed by atoms with Crippen molar-refractivity contribution in [3.05, 3.63) is 221 Å². The minimum absolute atomic E-state index is 0.310. The van der Waals surface area contributed by atoms with Crippen LogP contribution in [-0.2, 0) is 10.8 Å². The zero-order valence-corrected chi connectivity index (χ0v) is 41.9. The number of nitriles is 1. The monoisotopic (exact) mass is 944 g/mol. The highest BCUT2D eigenvalue weighted by Gasteiger charge is 2.58. The van der Waals surface area contributed by atoms with Crippen LogP contribution in [0.1, 0.15) is 72.1 Å². The average molecular weight is 945 g/mol. The van der Waals surface area contributed by atoms with Gasteiger partial charge in [0.2, 0.25) is 5.69 Å². The lowest BCUT2D eigenvalue weighted by molar-refractivity contribution is 0.484. The molecule has 13 rings (SSSR count). The number of aryl methyl sites for hydroxylation is 4. The van der Waals surface area contributed by atoms with E-state index in [9.17, 15) is 11.8 Å². The molecule has 0 amide bonds. The molecule has 9 aromatic rings. The Labute approximate surface area is 427 Å². The maximum Gasteiger partial charge on any atom is 0.216 e. The maximum atomic E-state index is 12.4. The summed E-state index contributed by atoms with van der Waals surface area (Å²) in [4.78, 5) is 23.6. The number of para-hydroxylation sites is 2. The van der Waals surface area contributed by atoms with Gasteiger partial charge in [0.15, 0.2) is 0 Å². The zero-order valence-electron chi connectivity index (χ0n) is 41.9. The van der Waals surface area contributed by atoms with Crippen LogP contribution in [0.2, 0.25) is 0 Å². The van der Waals surface area contributed by atoms with Crippen LogP contribution < -0.4 is 19.6 Å². The predicted molar refractivity (Wildman–Crippen MR) is 297 cm³/mol. The molecule has 2 bridgehead atoms. The van der Waals surface area contributed by atoms with Gasteiger partial charge in [0.1, 0.15) is 6.07 Å². The number of hydrogen-bond donors (Lipinski definition) is 0. The van der Waals surface area contributed by atoms with Crippen LogP contribution in [0.5, 0.6) is 0 Å². The fourth-order valence-corrected chi connectivity index (χ4v) is 13.2. The van der Waals surface area contributed by atoms with E-state index in [0.717, 1.165) is 137 Å². The molecule has 0 saturated heterocycles. The number of anilines is 12. The lowest BCUT2D eigenvalue weighted by atomic mass is 9.74. The van der Waals surface area contributed by atoms with E-state index >= 15 is 0 Å². The molecule has 2 aliphatic carbocycles. The fraction of sp³-hybridized carbons (Fsp3) is 0.169. The standard InChI is InChI=1S/C65H52N8/c1-40-16-14-17-41(2)60(40)72-53-34-46(44-20-10-8-11-21-44)24-26-49(53)70(51-28-32-68-37-55(51)72)62-48(36-66)63(59(67-7)57-58(62)65(6)31-30-64(57,5)39-65)71-50-27-25-47(45-22-12-9-13-23-45)35-54(50)73(56-38-69-33-29-52(56)71)61-42(3)18-15-19-43(61)4/h8-29,32-35,37-38H,30-31,39H2,1-6H3. The second kappa shape index (κ2) is 16.3. The summed E-state index contributed by atoms with van der Waals surface area (Å²) in [5, 5.41) is 12.4. The Morgan fingerprint density at radius 3 is 1.34 bits per heavy atom. The molecular formula is C65H52N8. The SMILES string of the molecule is [C-]#[N+]c1c(N2c3ccncc3N(c3c(C)cccc3C)c3cc(-c4ccccc4)ccc32)c(C#N)c(N2c3ccncc3N(c3c(C)cccc3C)c3cc(-c4ccccc4)ccc32)c2c1C1(C)CCC2(C)C1. The van der Waals surface area contributed by atoms with Crippen LogP contribution in [0.4, 0.5) is 73.9 Å². The number of fused-ring (bicyclic) bond motifs is 9. The molecule has 1 fully saturated rings. The van der Waals surface area contributed by atoms with E-state index in [0.29, 0.717) is 16.9 Å². The molecule has 8 nitrogen and oxygen atoms in total. The van der Waals surface area contributed by atoms with Crippen molar-refractivity contribution in [3.8, 4) is 28.3 Å². The molecule has 73 heavy (non-hydrogen) atoms. The van der Waals surface area contributed by atoms with E-state index < -0.39 is 0 Å². The van der Waals surface area contributed by atoms with Gasteiger partial charge in [-0.15, -0.1) is 0 Å². The molecule has 8 heteroatoms. The first kappa shape index (κ1) is 44.0. The van der Waals surface area contributed by atoms with E-state index in [1.165, 1.54) is 0 Å². The Morgan fingerprint density at radius 1 is 0.466 bits per heavy atom. The van der Waals surface area contributed by atoms with E-state index in [1.54, 1.807) is 0 Å². The van der Waals surface area contributed by atoms with Gasteiger partial charge in [-0.25, -0.2) is 4.85 Å². The third kappa shape index (κ3) is 6.36. The molecule has 0 radical (unpaired) electrons. The number of nitrogens with zero attached hydrogens (tertiary/aromatic N) is 8. The smallest absolute Gasteiger partial charge is 0.216 e. The molecule has 2 aliphatic heterocycles. The summed E-state index contributed by atoms with van der Waals surface area (Å²) >= 11 is 0. The number of rotatable bonds is 6. The van der Waals surface area contributed by atoms with Crippen molar-refractivity contribution in [3.63, 3.8) is 0 Å². The summed E-state index contributed by atoms with van der Waals surface area (Å²) in [6, 6.07) is 54.3. The quantitative estimate of drug-likeness (QED) is 0.154. The van der Waals surface area contributed by atoms with Crippen molar-refractivity contribution < 1.29 is 0 Å². The van der Waals surface area contributed by atoms with Gasteiger partial charge >= 0.3 is 0 Å². The highest BCUT2D eigenvalue weighted by atomic mass is 15.3. The predicted octanol–water partition coefficient (Wildman–Crippen LogP) is 17.7. The van der Waals surface area contributed by atoms with Gasteiger partial charge in [0, 0.05) is 12.4 Å². The van der Waals surface area contributed by atoms with Crippen LogP contribution in [0, 0.1) is 45.6 Å². The first-order valence-electron chi connectivity index (χ1n) is 25.2. The van der Waals surface area contributed by atoms with Gasteiger partial charge in [0.05, 0.1) is 92.8 Å². The third-order valence-corrected chi connectivity index (χ3v) is 16.3. The molecule has 7 aromatic carbocycles. The molecule has 2 aromatic heterocycles. The van der Waals surface area contributed by atoms with Crippen LogP contribution in [-0.4, -0.2) is 9.97 Å². The molecule has 0 spiro atoms. The van der Waals surface area contributed by atoms with Crippen LogP contribution >= 0.6 is 0 Å². The molecule has 352 valence electrons. The van der Waals surface area contributed by atoms with Crippen LogP contribution in [0.25, 0.3) is 27.1 Å². The van der Waals surface area contributed by atoms with Gasteiger partial charge in [-0.2, -0.15) is 5.26 Å². The molecule has 0 N–H and O–H groups in total. The lowest BCUT2D eigenvalue weighted by Gasteiger charge is -2.45. The molecule has 2 atom stereocenters. The molecule has 2 unspecified atom stereocenters. The van der Waals surface area contributed by atoms with E-state index in [-0.39, 0.29) is 10.8 Å². The summed E-state index contributed by atoms with van der Waals surface area (Å²) < 4.78 is 0. The average Bonchev–Trinajstić information content (AvgIpc) is 3.86. The van der Waals surface area contributed by atoms with Crippen molar-refractivity contribution >= 4 is 73.9 Å². The fourth-order valence-electron chi connectivity index (χ4n) is 13.2. The highest BCUT2D eigenvalue weighted by molar-refractivity contribution is 6.11. The summed E-state index contributed by atoms with van der Waals surface area (Å²) in [7, 11) is 0. The second-order valence-corrected chi connectivity index (χ2v) is 20.9. The Balaban J connectivity index is 1.16. The van der Waals surface area contributed by atoms with E-state index in [2.05, 4.69) is 206 Å². The highest BCUT2D eigenvalue weighted by Crippen LogP contribution is 2.71. The van der Waals surface area contributed by atoms with Crippen molar-refractivity contribution in [2.45, 2.75) is 71.6 Å². The normalized spacial score (nSPS) is 17.8. The summed E-state index contributed by atoms with van der Waals surface area (Å²) in [6.45, 7) is 22.8. The second-order valence-electron chi connectivity index (χ2n) is 20.9. The largest absolute Gasteiger partial charge is 0.315 e. The lowest BCUT2D eigenvalue weighted by Crippen LogP contribution is -2.31. The Bertz CT molecular complexity index is 3830. The van der Waals surface area contributed by atoms with Crippen molar-refractivity contribution in [2.75, 3.05) is 19.6 Å². The molecule has 1 saturated carbocycles. The van der Waals surface area contributed by atoms with Crippen molar-refractivity contribution in [1.29, 1.82) is 5.26 Å². The summed E-state index contributed by atoms with van der Waals surface area (Å²) in [5.74, 6) is 0. The van der Waals surface area contributed by atoms with Crippen LogP contribution in [0.15, 0.2) is 170 Å². The first-order valence-corrected chi connectivity index (χ1v) is 25.2. The summed E-state index contributed by atoms with van der Waals surface area (Å²) in [5.41, 5.74) is 22.1. The number of hydrogen-bond acceptors (Lipinski definition) is 7. The van der Waals surface area contributed by atoms with Gasteiger partial charge in [-0.05, 0) is 150 Å². The number of benzene rings is 7. The third-order valence-electron chi connectivity index (χ3n) is 16.3. The minimum Gasteiger partial charge on any atom is -0.315 e. The maximum absolute atomic E-state index is 12.4. The topological polar surface area (TPSA) is 66.9 Å². The number of aromatic nitrogens is 2. The number of pyridine rings is 2. The Morgan fingerprint density at radius 2 is 0.890 bits per heavy atom. The van der Waals surface area contributed by atoms with Gasteiger partial charge in [-0.3, -0.25) is 9.97 Å². The van der Waals surface area contributed by atoms with Crippen molar-refractivity contribution in [2.24, 2.45) is 0 Å². The zero-order chi connectivity index (χ0) is 49.9. The molecule has 4 aliphatic rings. The van der Waals surface area contributed by atoms with E-state index in [1.807, 2.05) is 36.9 Å². The minimum atomic E-state index is -0.316. The van der Waals surface area contributed by atoms with Gasteiger partial charge < -0.3 is 19.6 Å².